The van der Waals surface area contributed by atoms with Crippen LogP contribution in [0.3, 0.4) is 0 Å². The van der Waals surface area contributed by atoms with Gasteiger partial charge in [-0.2, -0.15) is 0 Å². The van der Waals surface area contributed by atoms with Gasteiger partial charge in [0, 0.05) is 10.7 Å². The van der Waals surface area contributed by atoms with E-state index in [2.05, 4.69) is 0 Å². The van der Waals surface area contributed by atoms with E-state index in [0.717, 1.165) is 5.56 Å². The summed E-state index contributed by atoms with van der Waals surface area (Å²) in [6.07, 6.45) is 0. The molecular formula is C15H11Cl3N2O. The van der Waals surface area contributed by atoms with Crippen molar-refractivity contribution in [3.63, 3.8) is 0 Å². The van der Waals surface area contributed by atoms with E-state index >= 15 is 0 Å². The third-order valence-corrected chi connectivity index (χ3v) is 4.63. The van der Waals surface area contributed by atoms with Crippen LogP contribution in [0.1, 0.15) is 11.6 Å². The highest BCUT2D eigenvalue weighted by atomic mass is 35.5. The van der Waals surface area contributed by atoms with Crippen molar-refractivity contribution in [1.82, 2.24) is 0 Å². The van der Waals surface area contributed by atoms with Gasteiger partial charge >= 0.3 is 0 Å². The molecule has 3 nitrogen and oxygen atoms in total. The number of hydrogen-bond acceptors (Lipinski definition) is 2. The van der Waals surface area contributed by atoms with Gasteiger partial charge in [-0.15, -0.1) is 0 Å². The molecule has 1 saturated heterocycles. The Kier molecular flexibility index (Phi) is 3.84. The number of hydrogen-bond donors (Lipinski definition) is 1. The van der Waals surface area contributed by atoms with Gasteiger partial charge in [0.1, 0.15) is 6.04 Å². The van der Waals surface area contributed by atoms with Crippen LogP contribution in [0.15, 0.2) is 42.5 Å². The highest BCUT2D eigenvalue weighted by molar-refractivity contribution is 6.42. The van der Waals surface area contributed by atoms with Crippen LogP contribution in [0.5, 0.6) is 0 Å². The largest absolute Gasteiger partial charge is 0.318 e. The summed E-state index contributed by atoms with van der Waals surface area (Å²) in [5, 5.41) is 1.41. The Hall–Kier alpha value is -1.26. The number of halogens is 3. The van der Waals surface area contributed by atoms with Crippen molar-refractivity contribution in [3.05, 3.63) is 63.1 Å². The number of β-lactam (4-membered cyclic amide) rings is 1. The molecule has 2 aromatic rings. The summed E-state index contributed by atoms with van der Waals surface area (Å²) in [4.78, 5) is 13.7. The molecule has 0 aromatic heterocycles. The lowest BCUT2D eigenvalue weighted by Crippen LogP contribution is -2.63. The molecule has 21 heavy (non-hydrogen) atoms. The molecule has 0 saturated carbocycles. The fourth-order valence-corrected chi connectivity index (χ4v) is 3.02. The Labute approximate surface area is 137 Å². The van der Waals surface area contributed by atoms with Gasteiger partial charge in [-0.3, -0.25) is 4.79 Å². The zero-order chi connectivity index (χ0) is 15.1. The average molecular weight is 342 g/mol. The van der Waals surface area contributed by atoms with Crippen molar-refractivity contribution >= 4 is 46.4 Å². The van der Waals surface area contributed by atoms with E-state index in [1.165, 1.54) is 0 Å². The molecule has 0 bridgehead atoms. The fourth-order valence-electron chi connectivity index (χ4n) is 2.48. The number of carbonyl (C=O) groups excluding carboxylic acids is 1. The molecule has 1 aliphatic rings. The van der Waals surface area contributed by atoms with Crippen LogP contribution >= 0.6 is 34.8 Å². The van der Waals surface area contributed by atoms with Gasteiger partial charge in [-0.05, 0) is 29.8 Å². The molecule has 3 rings (SSSR count). The van der Waals surface area contributed by atoms with E-state index in [0.29, 0.717) is 20.8 Å². The van der Waals surface area contributed by atoms with Gasteiger partial charge < -0.3 is 10.6 Å². The number of nitrogens with zero attached hydrogens (tertiary/aromatic N) is 1. The summed E-state index contributed by atoms with van der Waals surface area (Å²) < 4.78 is 0. The Morgan fingerprint density at radius 1 is 0.952 bits per heavy atom. The van der Waals surface area contributed by atoms with Gasteiger partial charge in [-0.1, -0.05) is 53.0 Å². The predicted octanol–water partition coefficient (Wildman–Crippen LogP) is 4.06. The third-order valence-electron chi connectivity index (χ3n) is 3.55. The standard InChI is InChI=1S/C15H11Cl3N2O/c16-10-4-2-1-3-9(10)14-13(19)15(21)20(14)8-5-6-11(17)12(18)7-8/h1-7,13-14H,19H2/t13-,14-/m1/s1. The van der Waals surface area contributed by atoms with Crippen molar-refractivity contribution < 1.29 is 4.79 Å². The lowest BCUT2D eigenvalue weighted by atomic mass is 9.88. The molecule has 2 atom stereocenters. The summed E-state index contributed by atoms with van der Waals surface area (Å²) >= 11 is 18.1. The highest BCUT2D eigenvalue weighted by Crippen LogP contribution is 2.41. The second-order valence-corrected chi connectivity index (χ2v) is 6.02. The first-order valence-electron chi connectivity index (χ1n) is 6.29. The summed E-state index contributed by atoms with van der Waals surface area (Å²) in [5.41, 5.74) is 7.42. The molecule has 0 radical (unpaired) electrons. The van der Waals surface area contributed by atoms with Crippen molar-refractivity contribution in [2.75, 3.05) is 4.90 Å². The van der Waals surface area contributed by atoms with Crippen molar-refractivity contribution in [2.45, 2.75) is 12.1 Å². The predicted molar refractivity (Wildman–Crippen MR) is 86.1 cm³/mol. The highest BCUT2D eigenvalue weighted by Gasteiger charge is 2.47. The van der Waals surface area contributed by atoms with Gasteiger partial charge in [0.05, 0.1) is 16.1 Å². The van der Waals surface area contributed by atoms with Crippen LogP contribution in [0.4, 0.5) is 5.69 Å². The van der Waals surface area contributed by atoms with Crippen LogP contribution in [0.2, 0.25) is 15.1 Å². The van der Waals surface area contributed by atoms with Crippen molar-refractivity contribution in [1.29, 1.82) is 0 Å². The maximum absolute atomic E-state index is 12.1. The Balaban J connectivity index is 2.02. The molecule has 108 valence electrons. The molecular weight excluding hydrogens is 331 g/mol. The molecule has 0 aliphatic carbocycles. The fraction of sp³-hybridized carbons (Fsp3) is 0.133. The first kappa shape index (κ1) is 14.7. The second kappa shape index (κ2) is 5.50. The maximum Gasteiger partial charge on any atom is 0.247 e. The molecule has 0 unspecified atom stereocenters. The summed E-state index contributed by atoms with van der Waals surface area (Å²) in [5.74, 6) is -0.168. The van der Waals surface area contributed by atoms with Gasteiger partial charge in [0.15, 0.2) is 0 Å². The van der Waals surface area contributed by atoms with Crippen LogP contribution in [0.25, 0.3) is 0 Å². The summed E-state index contributed by atoms with van der Waals surface area (Å²) in [6.45, 7) is 0. The zero-order valence-electron chi connectivity index (χ0n) is 10.8. The van der Waals surface area contributed by atoms with E-state index < -0.39 is 6.04 Å². The average Bonchev–Trinajstić information content (AvgIpc) is 2.48. The quantitative estimate of drug-likeness (QED) is 0.837. The van der Waals surface area contributed by atoms with E-state index in [1.54, 1.807) is 29.2 Å². The molecule has 1 fully saturated rings. The molecule has 0 spiro atoms. The first-order valence-corrected chi connectivity index (χ1v) is 7.42. The van der Waals surface area contributed by atoms with E-state index in [4.69, 9.17) is 40.5 Å². The van der Waals surface area contributed by atoms with Crippen LogP contribution in [-0.2, 0) is 4.79 Å². The normalized spacial score (nSPS) is 21.3. The van der Waals surface area contributed by atoms with Gasteiger partial charge in [0.2, 0.25) is 5.91 Å². The Bertz CT molecular complexity index is 720. The number of rotatable bonds is 2. The maximum atomic E-state index is 12.1. The minimum atomic E-state index is -0.612. The number of benzene rings is 2. The van der Waals surface area contributed by atoms with Crippen molar-refractivity contribution in [3.8, 4) is 0 Å². The van der Waals surface area contributed by atoms with Crippen LogP contribution < -0.4 is 10.6 Å². The van der Waals surface area contributed by atoms with E-state index in [9.17, 15) is 4.79 Å². The lowest BCUT2D eigenvalue weighted by molar-refractivity contribution is -0.126. The topological polar surface area (TPSA) is 46.3 Å². The van der Waals surface area contributed by atoms with E-state index in [1.807, 2.05) is 18.2 Å². The molecule has 6 heteroatoms. The summed E-state index contributed by atoms with van der Waals surface area (Å²) in [7, 11) is 0. The molecule has 1 heterocycles. The lowest BCUT2D eigenvalue weighted by Gasteiger charge is -2.46. The molecule has 1 amide bonds. The molecule has 2 aromatic carbocycles. The van der Waals surface area contributed by atoms with Gasteiger partial charge in [0.25, 0.3) is 0 Å². The zero-order valence-corrected chi connectivity index (χ0v) is 13.0. The number of nitrogens with two attached hydrogens (primary N) is 1. The number of anilines is 1. The number of carbonyl (C=O) groups is 1. The summed E-state index contributed by atoms with van der Waals surface area (Å²) in [6, 6.07) is 11.5. The first-order chi connectivity index (χ1) is 10.0. The minimum absolute atomic E-state index is 0.168. The second-order valence-electron chi connectivity index (χ2n) is 4.80. The van der Waals surface area contributed by atoms with Crippen LogP contribution in [0, 0.1) is 0 Å². The van der Waals surface area contributed by atoms with Crippen molar-refractivity contribution in [2.24, 2.45) is 5.73 Å². The SMILES string of the molecule is N[C@H]1C(=O)N(c2ccc(Cl)c(Cl)c2)[C@@H]1c1ccccc1Cl. The minimum Gasteiger partial charge on any atom is -0.318 e. The third kappa shape index (κ3) is 2.40. The number of amides is 1. The Morgan fingerprint density at radius 2 is 1.67 bits per heavy atom. The molecule has 2 N–H and O–H groups in total. The Morgan fingerprint density at radius 3 is 2.33 bits per heavy atom. The van der Waals surface area contributed by atoms with E-state index in [-0.39, 0.29) is 11.9 Å². The smallest absolute Gasteiger partial charge is 0.247 e. The van der Waals surface area contributed by atoms with Crippen LogP contribution in [-0.4, -0.2) is 11.9 Å². The van der Waals surface area contributed by atoms with Gasteiger partial charge in [-0.25, -0.2) is 0 Å². The molecule has 1 aliphatic heterocycles. The monoisotopic (exact) mass is 340 g/mol.